The highest BCUT2D eigenvalue weighted by Gasteiger charge is 2.29. The van der Waals surface area contributed by atoms with E-state index in [0.29, 0.717) is 12.5 Å². The zero-order valence-electron chi connectivity index (χ0n) is 13.2. The van der Waals surface area contributed by atoms with Crippen LogP contribution in [0.1, 0.15) is 60.1 Å². The van der Waals surface area contributed by atoms with Gasteiger partial charge in [-0.05, 0) is 50.2 Å². The topological polar surface area (TPSA) is 55.1 Å². The van der Waals surface area contributed by atoms with Crippen LogP contribution in [0.4, 0.5) is 0 Å². The third-order valence-electron chi connectivity index (χ3n) is 4.57. The zero-order valence-corrected chi connectivity index (χ0v) is 14.8. The summed E-state index contributed by atoms with van der Waals surface area (Å²) in [4.78, 5) is 14.7. The van der Waals surface area contributed by atoms with Gasteiger partial charge in [-0.1, -0.05) is 20.3 Å². The molecule has 1 heterocycles. The number of carbonyl (C=O) groups is 1. The van der Waals surface area contributed by atoms with E-state index in [9.17, 15) is 4.79 Å². The molecule has 2 rings (SSSR count). The van der Waals surface area contributed by atoms with E-state index in [1.165, 1.54) is 29.7 Å². The normalized spacial score (nSPS) is 17.4. The lowest BCUT2D eigenvalue weighted by Gasteiger charge is -2.33. The first kappa shape index (κ1) is 18.5. The number of nitrogens with two attached hydrogens (primary N) is 1. The summed E-state index contributed by atoms with van der Waals surface area (Å²) in [7, 11) is 0. The van der Waals surface area contributed by atoms with E-state index in [2.05, 4.69) is 25.2 Å². The average molecular weight is 331 g/mol. The summed E-state index contributed by atoms with van der Waals surface area (Å²) < 4.78 is 0. The highest BCUT2D eigenvalue weighted by molar-refractivity contribution is 7.14. The summed E-state index contributed by atoms with van der Waals surface area (Å²) in [5, 5.41) is 3.13. The van der Waals surface area contributed by atoms with E-state index in [4.69, 9.17) is 5.73 Å². The summed E-state index contributed by atoms with van der Waals surface area (Å²) in [6.45, 7) is 6.67. The van der Waals surface area contributed by atoms with Gasteiger partial charge in [-0.2, -0.15) is 0 Å². The van der Waals surface area contributed by atoms with E-state index in [1.54, 1.807) is 11.3 Å². The van der Waals surface area contributed by atoms with Crippen molar-refractivity contribution in [2.24, 2.45) is 11.7 Å². The monoisotopic (exact) mass is 330 g/mol. The van der Waals surface area contributed by atoms with Gasteiger partial charge in [0.2, 0.25) is 0 Å². The van der Waals surface area contributed by atoms with Crippen LogP contribution in [0, 0.1) is 5.92 Å². The van der Waals surface area contributed by atoms with Gasteiger partial charge in [-0.25, -0.2) is 0 Å². The molecule has 1 aromatic rings. The molecule has 3 N–H and O–H groups in total. The highest BCUT2D eigenvalue weighted by atomic mass is 35.5. The second-order valence-electron chi connectivity index (χ2n) is 6.35. The molecule has 0 saturated heterocycles. The molecule has 5 heteroatoms. The Morgan fingerprint density at radius 1 is 1.38 bits per heavy atom. The number of nitrogens with one attached hydrogen (secondary N) is 1. The molecule has 1 aliphatic carbocycles. The maximum atomic E-state index is 12.5. The average Bonchev–Trinajstić information content (AvgIpc) is 2.70. The number of rotatable bonds is 4. The fraction of sp³-hybridized carbons (Fsp3) is 0.688. The van der Waals surface area contributed by atoms with Gasteiger partial charge >= 0.3 is 0 Å². The Morgan fingerprint density at radius 3 is 2.67 bits per heavy atom. The Kier molecular flexibility index (Phi) is 6.70. The molecule has 0 aliphatic heterocycles. The van der Waals surface area contributed by atoms with Crippen LogP contribution in [-0.2, 0) is 12.8 Å². The van der Waals surface area contributed by atoms with E-state index in [1.807, 2.05) is 6.92 Å². The third-order valence-corrected chi connectivity index (χ3v) is 5.80. The SMILES string of the molecule is CC(C)C(C)(CN)NC(=O)c1cc2c(s1)CCCCC2.Cl. The van der Waals surface area contributed by atoms with Crippen LogP contribution in [0.5, 0.6) is 0 Å². The first-order valence-electron chi connectivity index (χ1n) is 7.60. The Hall–Kier alpha value is -0.580. The lowest BCUT2D eigenvalue weighted by molar-refractivity contribution is 0.0887. The van der Waals surface area contributed by atoms with Crippen LogP contribution in [0.3, 0.4) is 0 Å². The van der Waals surface area contributed by atoms with Gasteiger partial charge in [0.05, 0.1) is 10.4 Å². The summed E-state index contributed by atoms with van der Waals surface area (Å²) >= 11 is 1.67. The van der Waals surface area contributed by atoms with E-state index >= 15 is 0 Å². The van der Waals surface area contributed by atoms with Crippen LogP contribution >= 0.6 is 23.7 Å². The van der Waals surface area contributed by atoms with Crippen LogP contribution < -0.4 is 11.1 Å². The lowest BCUT2D eigenvalue weighted by Crippen LogP contribution is -2.54. The first-order chi connectivity index (χ1) is 9.46. The second kappa shape index (κ2) is 7.61. The van der Waals surface area contributed by atoms with Crippen molar-refractivity contribution in [1.82, 2.24) is 5.32 Å². The smallest absolute Gasteiger partial charge is 0.261 e. The Balaban J connectivity index is 0.00000220. The number of carbonyl (C=O) groups excluding carboxylic acids is 1. The van der Waals surface area contributed by atoms with Gasteiger partial charge in [0.25, 0.3) is 5.91 Å². The molecule has 0 aromatic carbocycles. The minimum absolute atomic E-state index is 0. The van der Waals surface area contributed by atoms with E-state index in [-0.39, 0.29) is 23.9 Å². The predicted octanol–water partition coefficient (Wildman–Crippen LogP) is 3.54. The third kappa shape index (κ3) is 4.21. The summed E-state index contributed by atoms with van der Waals surface area (Å²) in [5.74, 6) is 0.346. The number of hydrogen-bond donors (Lipinski definition) is 2. The molecule has 21 heavy (non-hydrogen) atoms. The molecular weight excluding hydrogens is 304 g/mol. The fourth-order valence-corrected chi connectivity index (χ4v) is 3.68. The van der Waals surface area contributed by atoms with Crippen LogP contribution in [0.25, 0.3) is 0 Å². The largest absolute Gasteiger partial charge is 0.345 e. The minimum Gasteiger partial charge on any atom is -0.345 e. The molecule has 0 spiro atoms. The summed E-state index contributed by atoms with van der Waals surface area (Å²) in [5.41, 5.74) is 6.89. The molecule has 1 unspecified atom stereocenters. The van der Waals surface area contributed by atoms with Gasteiger partial charge in [-0.15, -0.1) is 23.7 Å². The van der Waals surface area contributed by atoms with Crippen LogP contribution in [0.2, 0.25) is 0 Å². The van der Waals surface area contributed by atoms with Crippen molar-refractivity contribution in [1.29, 1.82) is 0 Å². The molecular formula is C16H27ClN2OS. The van der Waals surface area contributed by atoms with Crippen molar-refractivity contribution in [3.05, 3.63) is 21.4 Å². The fourth-order valence-electron chi connectivity index (χ4n) is 2.53. The number of aryl methyl sites for hydroxylation is 2. The number of amides is 1. The second-order valence-corrected chi connectivity index (χ2v) is 7.49. The number of halogens is 1. The molecule has 0 saturated carbocycles. The quantitative estimate of drug-likeness (QED) is 0.830. The molecule has 1 atom stereocenters. The van der Waals surface area contributed by atoms with E-state index < -0.39 is 0 Å². The summed E-state index contributed by atoms with van der Waals surface area (Å²) in [6.07, 6.45) is 6.06. The Morgan fingerprint density at radius 2 is 2.05 bits per heavy atom. The maximum Gasteiger partial charge on any atom is 0.261 e. The molecule has 3 nitrogen and oxygen atoms in total. The van der Waals surface area contributed by atoms with Crippen molar-refractivity contribution < 1.29 is 4.79 Å². The predicted molar refractivity (Wildman–Crippen MR) is 92.6 cm³/mol. The molecule has 120 valence electrons. The number of fused-ring (bicyclic) bond motifs is 1. The zero-order chi connectivity index (χ0) is 14.8. The Bertz CT molecular complexity index is 463. The van der Waals surface area contributed by atoms with Gasteiger partial charge in [0.15, 0.2) is 0 Å². The minimum atomic E-state index is -0.335. The molecule has 0 radical (unpaired) electrons. The van der Waals surface area contributed by atoms with Crippen LogP contribution in [-0.4, -0.2) is 18.0 Å². The summed E-state index contributed by atoms with van der Waals surface area (Å²) in [6, 6.07) is 2.10. The van der Waals surface area contributed by atoms with Gasteiger partial charge < -0.3 is 11.1 Å². The molecule has 0 bridgehead atoms. The van der Waals surface area contributed by atoms with Gasteiger partial charge in [-0.3, -0.25) is 4.79 Å². The molecule has 1 aromatic heterocycles. The highest BCUT2D eigenvalue weighted by Crippen LogP contribution is 2.29. The van der Waals surface area contributed by atoms with Crippen molar-refractivity contribution in [3.8, 4) is 0 Å². The lowest BCUT2D eigenvalue weighted by atomic mass is 9.88. The maximum absolute atomic E-state index is 12.5. The number of thiophene rings is 1. The van der Waals surface area contributed by atoms with Crippen molar-refractivity contribution >= 4 is 29.7 Å². The molecule has 0 fully saturated rings. The number of hydrogen-bond acceptors (Lipinski definition) is 3. The molecule has 1 amide bonds. The standard InChI is InChI=1S/C16H26N2OS.ClH/c1-11(2)16(3,10-17)18-15(19)14-9-12-7-5-4-6-8-13(12)20-14;/h9,11H,4-8,10,17H2,1-3H3,(H,18,19);1H. The van der Waals surface area contributed by atoms with Crippen LogP contribution in [0.15, 0.2) is 6.07 Å². The van der Waals surface area contributed by atoms with Gasteiger partial charge in [0, 0.05) is 11.4 Å². The van der Waals surface area contributed by atoms with Gasteiger partial charge in [0.1, 0.15) is 0 Å². The van der Waals surface area contributed by atoms with Crippen molar-refractivity contribution in [2.75, 3.05) is 6.54 Å². The Labute approximate surface area is 138 Å². The molecule has 1 aliphatic rings. The first-order valence-corrected chi connectivity index (χ1v) is 8.42. The van der Waals surface area contributed by atoms with Crippen molar-refractivity contribution in [2.45, 2.75) is 58.4 Å². The van der Waals surface area contributed by atoms with E-state index in [0.717, 1.165) is 17.7 Å². The van der Waals surface area contributed by atoms with Crippen molar-refractivity contribution in [3.63, 3.8) is 0 Å².